The summed E-state index contributed by atoms with van der Waals surface area (Å²) in [4.78, 5) is 23.8. The number of hydrazone groups is 2. The third-order valence-electron chi connectivity index (χ3n) is 4.11. The van der Waals surface area contributed by atoms with Crippen molar-refractivity contribution < 1.29 is 9.59 Å². The van der Waals surface area contributed by atoms with E-state index < -0.39 is 0 Å². The Morgan fingerprint density at radius 1 is 0.793 bits per heavy atom. The Morgan fingerprint density at radius 2 is 1.21 bits per heavy atom. The van der Waals surface area contributed by atoms with Crippen molar-refractivity contribution in [2.75, 3.05) is 11.5 Å². The van der Waals surface area contributed by atoms with Crippen LogP contribution in [0, 0.1) is 0 Å². The van der Waals surface area contributed by atoms with E-state index in [-0.39, 0.29) is 24.7 Å². The first-order chi connectivity index (χ1) is 13.8. The molecule has 2 aromatic rings. The van der Waals surface area contributed by atoms with Crippen molar-refractivity contribution in [1.82, 2.24) is 10.9 Å². The van der Waals surface area contributed by atoms with E-state index in [4.69, 9.17) is 11.5 Å². The van der Waals surface area contributed by atoms with Crippen molar-refractivity contribution in [3.63, 3.8) is 0 Å². The first kappa shape index (κ1) is 21.6. The molecule has 0 aliphatic carbocycles. The Bertz CT molecular complexity index is 861. The lowest BCUT2D eigenvalue weighted by atomic mass is 10.1. The number of rotatable bonds is 8. The molecule has 8 heteroatoms. The van der Waals surface area contributed by atoms with Gasteiger partial charge in [0.25, 0.3) is 0 Å². The fourth-order valence-electron chi connectivity index (χ4n) is 2.47. The molecule has 0 aliphatic heterocycles. The van der Waals surface area contributed by atoms with Crippen LogP contribution < -0.4 is 22.3 Å². The average Bonchev–Trinajstić information content (AvgIpc) is 2.70. The molecule has 29 heavy (non-hydrogen) atoms. The summed E-state index contributed by atoms with van der Waals surface area (Å²) in [6.07, 6.45) is 0.745. The largest absolute Gasteiger partial charge is 0.399 e. The fourth-order valence-corrected chi connectivity index (χ4v) is 2.47. The minimum atomic E-state index is -0.263. The minimum absolute atomic E-state index is 0.180. The van der Waals surface area contributed by atoms with Crippen LogP contribution in [0.5, 0.6) is 0 Å². The first-order valence-electron chi connectivity index (χ1n) is 9.23. The van der Waals surface area contributed by atoms with Gasteiger partial charge in [0.15, 0.2) is 0 Å². The fraction of sp³-hybridized carbons (Fsp3) is 0.238. The number of anilines is 2. The second-order valence-corrected chi connectivity index (χ2v) is 6.57. The normalized spacial score (nSPS) is 11.8. The molecule has 0 radical (unpaired) electrons. The third-order valence-corrected chi connectivity index (χ3v) is 4.11. The minimum Gasteiger partial charge on any atom is -0.399 e. The van der Waals surface area contributed by atoms with Crippen molar-refractivity contribution in [3.05, 3.63) is 59.7 Å². The van der Waals surface area contributed by atoms with Crippen LogP contribution in [-0.4, -0.2) is 23.2 Å². The van der Waals surface area contributed by atoms with Crippen molar-refractivity contribution in [2.45, 2.75) is 33.1 Å². The first-order valence-corrected chi connectivity index (χ1v) is 9.23. The summed E-state index contributed by atoms with van der Waals surface area (Å²) < 4.78 is 0. The van der Waals surface area contributed by atoms with Gasteiger partial charge in [0, 0.05) is 24.2 Å². The predicted octanol–water partition coefficient (Wildman–Crippen LogP) is 2.40. The number of nitrogens with two attached hydrogens (primary N) is 2. The zero-order valence-corrected chi connectivity index (χ0v) is 16.6. The number of hydrogen-bond donors (Lipinski definition) is 4. The Morgan fingerprint density at radius 3 is 1.59 bits per heavy atom. The van der Waals surface area contributed by atoms with Gasteiger partial charge in [0.1, 0.15) is 0 Å². The van der Waals surface area contributed by atoms with Crippen LogP contribution in [0.25, 0.3) is 0 Å². The van der Waals surface area contributed by atoms with Crippen LogP contribution in [-0.2, 0) is 9.59 Å². The number of nitrogens with zero attached hydrogens (tertiary/aromatic N) is 2. The highest BCUT2D eigenvalue weighted by atomic mass is 16.2. The van der Waals surface area contributed by atoms with Gasteiger partial charge in [-0.2, -0.15) is 10.2 Å². The number of nitrogen functional groups attached to an aromatic ring is 2. The molecule has 0 fully saturated rings. The standard InChI is InChI=1S/C21H26N6O2/c1-14(16-6-3-8-18(22)12-16)24-26-20(28)10-5-11-21(29)27-25-15(2)17-7-4-9-19(23)13-17/h3-4,6-9,12-13H,5,10-11,22-23H2,1-2H3,(H,26,28)(H,27,29). The van der Waals surface area contributed by atoms with E-state index in [0.717, 1.165) is 11.1 Å². The van der Waals surface area contributed by atoms with E-state index in [1.54, 1.807) is 38.1 Å². The van der Waals surface area contributed by atoms with Gasteiger partial charge in [-0.05, 0) is 55.7 Å². The summed E-state index contributed by atoms with van der Waals surface area (Å²) in [6.45, 7) is 3.56. The Labute approximate surface area is 170 Å². The van der Waals surface area contributed by atoms with Crippen molar-refractivity contribution in [3.8, 4) is 0 Å². The molecule has 0 heterocycles. The smallest absolute Gasteiger partial charge is 0.240 e. The molecule has 0 saturated carbocycles. The van der Waals surface area contributed by atoms with E-state index in [9.17, 15) is 9.59 Å². The topological polar surface area (TPSA) is 135 Å². The molecule has 0 spiro atoms. The molecular formula is C21H26N6O2. The van der Waals surface area contributed by atoms with Crippen LogP contribution in [0.4, 0.5) is 11.4 Å². The second kappa shape index (κ2) is 10.6. The summed E-state index contributed by atoms with van der Waals surface area (Å²) in [5.41, 5.74) is 20.7. The maximum atomic E-state index is 11.9. The molecular weight excluding hydrogens is 368 g/mol. The molecule has 2 aromatic carbocycles. The predicted molar refractivity (Wildman–Crippen MR) is 116 cm³/mol. The van der Waals surface area contributed by atoms with Crippen LogP contribution in [0.2, 0.25) is 0 Å². The van der Waals surface area contributed by atoms with Gasteiger partial charge in [-0.1, -0.05) is 24.3 Å². The second-order valence-electron chi connectivity index (χ2n) is 6.57. The van der Waals surface area contributed by atoms with Gasteiger partial charge in [-0.25, -0.2) is 10.9 Å². The molecule has 0 saturated heterocycles. The lowest BCUT2D eigenvalue weighted by Gasteiger charge is -2.05. The number of nitrogens with one attached hydrogen (secondary N) is 2. The molecule has 0 bridgehead atoms. The summed E-state index contributed by atoms with van der Waals surface area (Å²) in [6, 6.07) is 14.5. The van der Waals surface area contributed by atoms with Gasteiger partial charge in [-0.3, -0.25) is 9.59 Å². The van der Waals surface area contributed by atoms with Gasteiger partial charge in [0.2, 0.25) is 11.8 Å². The summed E-state index contributed by atoms with van der Waals surface area (Å²) in [5.74, 6) is -0.527. The van der Waals surface area contributed by atoms with E-state index >= 15 is 0 Å². The highest BCUT2D eigenvalue weighted by Crippen LogP contribution is 2.08. The summed E-state index contributed by atoms with van der Waals surface area (Å²) >= 11 is 0. The van der Waals surface area contributed by atoms with Crippen LogP contribution >= 0.6 is 0 Å². The van der Waals surface area contributed by atoms with Gasteiger partial charge in [-0.15, -0.1) is 0 Å². The Kier molecular flexibility index (Phi) is 7.90. The Balaban J connectivity index is 1.73. The van der Waals surface area contributed by atoms with Crippen LogP contribution in [0.3, 0.4) is 0 Å². The van der Waals surface area contributed by atoms with Gasteiger partial charge in [0.05, 0.1) is 11.4 Å². The highest BCUT2D eigenvalue weighted by molar-refractivity contribution is 6.00. The van der Waals surface area contributed by atoms with E-state index in [1.807, 2.05) is 24.3 Å². The molecule has 0 atom stereocenters. The van der Waals surface area contributed by atoms with Gasteiger partial charge >= 0.3 is 0 Å². The third kappa shape index (κ3) is 7.45. The van der Waals surface area contributed by atoms with Gasteiger partial charge < -0.3 is 11.5 Å². The lowest BCUT2D eigenvalue weighted by molar-refractivity contribution is -0.122. The quantitative estimate of drug-likeness (QED) is 0.310. The van der Waals surface area contributed by atoms with Crippen molar-refractivity contribution >= 4 is 34.6 Å². The number of hydrogen-bond acceptors (Lipinski definition) is 6. The number of benzene rings is 2. The summed E-state index contributed by atoms with van der Waals surface area (Å²) in [5, 5.41) is 8.12. The molecule has 8 nitrogen and oxygen atoms in total. The van der Waals surface area contributed by atoms with E-state index in [0.29, 0.717) is 29.2 Å². The highest BCUT2D eigenvalue weighted by Gasteiger charge is 2.06. The zero-order chi connectivity index (χ0) is 21.2. The zero-order valence-electron chi connectivity index (χ0n) is 16.6. The maximum Gasteiger partial charge on any atom is 0.240 e. The Hall–Kier alpha value is -3.68. The van der Waals surface area contributed by atoms with E-state index in [1.165, 1.54) is 0 Å². The molecule has 0 unspecified atom stereocenters. The van der Waals surface area contributed by atoms with Crippen molar-refractivity contribution in [1.29, 1.82) is 0 Å². The number of carbonyl (C=O) groups is 2. The SMILES string of the molecule is CC(=NNC(=O)CCCC(=O)NN=C(C)c1cccc(N)c1)c1cccc(N)c1. The molecule has 152 valence electrons. The van der Waals surface area contributed by atoms with Crippen LogP contribution in [0.1, 0.15) is 44.2 Å². The number of carbonyl (C=O) groups excluding carboxylic acids is 2. The monoisotopic (exact) mass is 394 g/mol. The van der Waals surface area contributed by atoms with Crippen LogP contribution in [0.15, 0.2) is 58.7 Å². The molecule has 2 rings (SSSR count). The summed E-state index contributed by atoms with van der Waals surface area (Å²) in [7, 11) is 0. The molecule has 0 aromatic heterocycles. The van der Waals surface area contributed by atoms with E-state index in [2.05, 4.69) is 21.1 Å². The maximum absolute atomic E-state index is 11.9. The average molecular weight is 394 g/mol. The molecule has 2 amide bonds. The molecule has 0 aliphatic rings. The molecule has 6 N–H and O–H groups in total. The lowest BCUT2D eigenvalue weighted by Crippen LogP contribution is -2.22. The van der Waals surface area contributed by atoms with Crippen molar-refractivity contribution in [2.24, 2.45) is 10.2 Å². The number of amides is 2.